The Balaban J connectivity index is 1.74. The summed E-state index contributed by atoms with van der Waals surface area (Å²) in [5.41, 5.74) is 2.09. The van der Waals surface area contributed by atoms with Gasteiger partial charge in [0.15, 0.2) is 0 Å². The molecule has 1 heterocycles. The van der Waals surface area contributed by atoms with Crippen molar-refractivity contribution >= 4 is 21.6 Å². The van der Waals surface area contributed by atoms with Gasteiger partial charge >= 0.3 is 0 Å². The molecule has 1 saturated heterocycles. The Labute approximate surface area is 161 Å². The summed E-state index contributed by atoms with van der Waals surface area (Å²) in [6.07, 6.45) is 1.13. The van der Waals surface area contributed by atoms with Crippen LogP contribution in [-0.2, 0) is 10.0 Å². The first-order valence-electron chi connectivity index (χ1n) is 9.23. The van der Waals surface area contributed by atoms with Gasteiger partial charge in [0.1, 0.15) is 0 Å². The first kappa shape index (κ1) is 19.4. The number of anilines is 1. The van der Waals surface area contributed by atoms with Crippen molar-refractivity contribution in [2.45, 2.75) is 32.1 Å². The van der Waals surface area contributed by atoms with E-state index in [0.717, 1.165) is 25.1 Å². The van der Waals surface area contributed by atoms with Crippen LogP contribution in [0, 0.1) is 18.8 Å². The van der Waals surface area contributed by atoms with Gasteiger partial charge in [-0.25, -0.2) is 8.42 Å². The van der Waals surface area contributed by atoms with Crippen molar-refractivity contribution in [2.24, 2.45) is 11.8 Å². The van der Waals surface area contributed by atoms with Gasteiger partial charge in [0.25, 0.3) is 15.9 Å². The van der Waals surface area contributed by atoms with E-state index in [-0.39, 0.29) is 10.8 Å². The molecule has 0 aliphatic carbocycles. The summed E-state index contributed by atoms with van der Waals surface area (Å²) in [4.78, 5) is 14.7. The minimum atomic E-state index is -3.69. The summed E-state index contributed by atoms with van der Waals surface area (Å²) in [5, 5.41) is 0. The number of nitrogens with zero attached hydrogens (tertiary/aromatic N) is 1. The summed E-state index contributed by atoms with van der Waals surface area (Å²) >= 11 is 0. The van der Waals surface area contributed by atoms with Crippen LogP contribution in [-0.4, -0.2) is 32.3 Å². The highest BCUT2D eigenvalue weighted by atomic mass is 32.2. The van der Waals surface area contributed by atoms with Gasteiger partial charge in [-0.3, -0.25) is 9.52 Å². The van der Waals surface area contributed by atoms with E-state index in [0.29, 0.717) is 23.1 Å². The predicted molar refractivity (Wildman–Crippen MR) is 107 cm³/mol. The number of nitrogens with one attached hydrogen (secondary N) is 1. The third-order valence-electron chi connectivity index (χ3n) is 4.87. The maximum atomic E-state index is 12.7. The molecule has 1 fully saturated rings. The van der Waals surface area contributed by atoms with Gasteiger partial charge in [-0.1, -0.05) is 31.5 Å². The van der Waals surface area contributed by atoms with Crippen molar-refractivity contribution in [3.8, 4) is 0 Å². The quantitative estimate of drug-likeness (QED) is 0.866. The molecule has 2 aromatic carbocycles. The first-order chi connectivity index (χ1) is 12.7. The van der Waals surface area contributed by atoms with Crippen LogP contribution in [0.2, 0.25) is 0 Å². The van der Waals surface area contributed by atoms with Gasteiger partial charge in [-0.2, -0.15) is 0 Å². The number of amides is 1. The Hall–Kier alpha value is -2.34. The van der Waals surface area contributed by atoms with Crippen LogP contribution in [0.15, 0.2) is 53.4 Å². The number of hydrogen-bond acceptors (Lipinski definition) is 3. The molecule has 1 aliphatic rings. The molecule has 2 atom stereocenters. The number of hydrogen-bond donors (Lipinski definition) is 1. The number of rotatable bonds is 4. The van der Waals surface area contributed by atoms with Crippen LogP contribution in [0.25, 0.3) is 0 Å². The molecule has 144 valence electrons. The highest BCUT2D eigenvalue weighted by Gasteiger charge is 2.26. The van der Waals surface area contributed by atoms with E-state index in [1.54, 1.807) is 24.3 Å². The Morgan fingerprint density at radius 1 is 0.963 bits per heavy atom. The molecule has 2 aromatic rings. The van der Waals surface area contributed by atoms with Crippen LogP contribution in [0.1, 0.15) is 36.2 Å². The van der Waals surface area contributed by atoms with Crippen molar-refractivity contribution in [3.63, 3.8) is 0 Å². The lowest BCUT2D eigenvalue weighted by molar-refractivity contribution is 0.0623. The van der Waals surface area contributed by atoms with E-state index in [9.17, 15) is 13.2 Å². The van der Waals surface area contributed by atoms with Crippen LogP contribution in [0.3, 0.4) is 0 Å². The fourth-order valence-electron chi connectivity index (χ4n) is 3.62. The highest BCUT2D eigenvalue weighted by molar-refractivity contribution is 7.92. The van der Waals surface area contributed by atoms with E-state index in [2.05, 4.69) is 18.6 Å². The van der Waals surface area contributed by atoms with E-state index >= 15 is 0 Å². The summed E-state index contributed by atoms with van der Waals surface area (Å²) in [6.45, 7) is 7.75. The maximum absolute atomic E-state index is 12.7. The summed E-state index contributed by atoms with van der Waals surface area (Å²) in [7, 11) is -3.69. The predicted octanol–water partition coefficient (Wildman–Crippen LogP) is 3.91. The van der Waals surface area contributed by atoms with Crippen molar-refractivity contribution < 1.29 is 13.2 Å². The highest BCUT2D eigenvalue weighted by Crippen LogP contribution is 2.23. The number of aryl methyl sites for hydroxylation is 1. The normalized spacial score (nSPS) is 20.3. The SMILES string of the molecule is Cc1ccc(NS(=O)(=O)c2ccc(C(=O)N3CC(C)CC(C)C3)cc2)cc1. The third kappa shape index (κ3) is 4.69. The summed E-state index contributed by atoms with van der Waals surface area (Å²) in [6, 6.07) is 13.3. The van der Waals surface area contributed by atoms with Crippen LogP contribution < -0.4 is 4.72 Å². The molecule has 1 N–H and O–H groups in total. The van der Waals surface area contributed by atoms with E-state index in [1.165, 1.54) is 12.1 Å². The zero-order chi connectivity index (χ0) is 19.6. The molecular weight excluding hydrogens is 360 g/mol. The second kappa shape index (κ2) is 7.72. The summed E-state index contributed by atoms with van der Waals surface area (Å²) < 4.78 is 27.7. The number of carbonyl (C=O) groups is 1. The molecule has 5 nitrogen and oxygen atoms in total. The number of likely N-dealkylation sites (tertiary alicyclic amines) is 1. The number of benzene rings is 2. The van der Waals surface area contributed by atoms with E-state index < -0.39 is 10.0 Å². The summed E-state index contributed by atoms with van der Waals surface area (Å²) in [5.74, 6) is 0.927. The molecule has 0 spiro atoms. The molecule has 3 rings (SSSR count). The molecular formula is C21H26N2O3S. The van der Waals surface area contributed by atoms with Crippen LogP contribution in [0.5, 0.6) is 0 Å². The molecule has 27 heavy (non-hydrogen) atoms. The van der Waals surface area contributed by atoms with Crippen molar-refractivity contribution in [2.75, 3.05) is 17.8 Å². The zero-order valence-electron chi connectivity index (χ0n) is 16.0. The van der Waals surface area contributed by atoms with Gasteiger partial charge in [-0.05, 0) is 61.6 Å². The Morgan fingerprint density at radius 3 is 2.07 bits per heavy atom. The molecule has 1 aliphatic heterocycles. The van der Waals surface area contributed by atoms with Crippen LogP contribution in [0.4, 0.5) is 5.69 Å². The monoisotopic (exact) mass is 386 g/mol. The van der Waals surface area contributed by atoms with Crippen molar-refractivity contribution in [3.05, 3.63) is 59.7 Å². The second-order valence-electron chi connectivity index (χ2n) is 7.65. The number of piperidine rings is 1. The molecule has 6 heteroatoms. The number of sulfonamides is 1. The minimum absolute atomic E-state index is 0.0381. The largest absolute Gasteiger partial charge is 0.338 e. The lowest BCUT2D eigenvalue weighted by Crippen LogP contribution is -2.42. The zero-order valence-corrected chi connectivity index (χ0v) is 16.8. The van der Waals surface area contributed by atoms with Gasteiger partial charge in [0.2, 0.25) is 0 Å². The molecule has 0 aromatic heterocycles. The topological polar surface area (TPSA) is 66.5 Å². The molecule has 0 radical (unpaired) electrons. The molecule has 1 amide bonds. The van der Waals surface area contributed by atoms with Crippen molar-refractivity contribution in [1.82, 2.24) is 4.90 Å². The minimum Gasteiger partial charge on any atom is -0.338 e. The Kier molecular flexibility index (Phi) is 5.56. The lowest BCUT2D eigenvalue weighted by Gasteiger charge is -2.35. The van der Waals surface area contributed by atoms with E-state index in [4.69, 9.17) is 0 Å². The van der Waals surface area contributed by atoms with Gasteiger partial charge in [-0.15, -0.1) is 0 Å². The molecule has 0 bridgehead atoms. The Bertz CT molecular complexity index is 895. The molecule has 0 saturated carbocycles. The molecule has 2 unspecified atom stereocenters. The van der Waals surface area contributed by atoms with E-state index in [1.807, 2.05) is 24.0 Å². The maximum Gasteiger partial charge on any atom is 0.261 e. The second-order valence-corrected chi connectivity index (χ2v) is 9.33. The third-order valence-corrected chi connectivity index (χ3v) is 6.27. The van der Waals surface area contributed by atoms with Crippen molar-refractivity contribution in [1.29, 1.82) is 0 Å². The number of carbonyl (C=O) groups excluding carboxylic acids is 1. The van der Waals surface area contributed by atoms with Gasteiger partial charge in [0, 0.05) is 24.3 Å². The first-order valence-corrected chi connectivity index (χ1v) is 10.7. The van der Waals surface area contributed by atoms with Gasteiger partial charge < -0.3 is 4.90 Å². The average molecular weight is 387 g/mol. The lowest BCUT2D eigenvalue weighted by atomic mass is 9.91. The fourth-order valence-corrected chi connectivity index (χ4v) is 4.68. The standard InChI is InChI=1S/C21H26N2O3S/c1-15-4-8-19(9-5-15)22-27(25,26)20-10-6-18(7-11-20)21(24)23-13-16(2)12-17(3)14-23/h4-11,16-17,22H,12-14H2,1-3H3. The van der Waals surface area contributed by atoms with Crippen LogP contribution >= 0.6 is 0 Å². The van der Waals surface area contributed by atoms with Gasteiger partial charge in [0.05, 0.1) is 4.90 Å². The fraction of sp³-hybridized carbons (Fsp3) is 0.381. The smallest absolute Gasteiger partial charge is 0.261 e. The average Bonchev–Trinajstić information content (AvgIpc) is 2.62. The Morgan fingerprint density at radius 2 is 1.52 bits per heavy atom.